The number of aromatic amines is 1. The Kier molecular flexibility index (Phi) is 12.5. The molecular weight excluding hydrogens is 646 g/mol. The van der Waals surface area contributed by atoms with Crippen molar-refractivity contribution in [3.05, 3.63) is 45.6 Å². The number of nitrogens with zero attached hydrogens (tertiary/aromatic N) is 4. The molecule has 4 rings (SSSR count). The molecule has 2 aliphatic heterocycles. The number of carbonyl (C=O) groups is 4. The number of fused-ring (bicyclic) bond motifs is 1. The third-order valence-corrected chi connectivity index (χ3v) is 8.67. The number of nitrogens with one attached hydrogen (secondary N) is 2. The maximum Gasteiger partial charge on any atom is 1.00 e. The molecule has 13 nitrogen and oxygen atoms in total. The standard InChI is InChI=1S/C19H17BrN6O7S2.2K/c1-19(17(32)33,35-18-22-24-25-23-18)8-6-34-15-10(14(29)26(15)11(8)16(30)31)21-13(28)12(27)7-4-2-3-5-9(7)20;;/h2-5,10,12,15,27H,6H2,1H3,(H,21,28)(H,30,31)(H,32,33)(H,22,23,24,25);;/q;2*+1/p-2/t10?,12?,15-,19?;;/m0../s1. The van der Waals surface area contributed by atoms with E-state index in [0.717, 1.165) is 16.7 Å². The fourth-order valence-corrected chi connectivity index (χ4v) is 6.65. The average molecular weight is 662 g/mol. The van der Waals surface area contributed by atoms with Crippen molar-refractivity contribution in [1.82, 2.24) is 30.8 Å². The third kappa shape index (κ3) is 6.63. The minimum atomic E-state index is -1.97. The molecule has 1 aromatic carbocycles. The van der Waals surface area contributed by atoms with Crippen LogP contribution >= 0.6 is 39.5 Å². The summed E-state index contributed by atoms with van der Waals surface area (Å²) in [6.07, 6.45) is -1.58. The molecule has 37 heavy (non-hydrogen) atoms. The minimum Gasteiger partial charge on any atom is -0.548 e. The van der Waals surface area contributed by atoms with Gasteiger partial charge in [-0.25, -0.2) is 0 Å². The number of carbonyl (C=O) groups excluding carboxylic acids is 4. The molecule has 3 N–H and O–H groups in total. The van der Waals surface area contributed by atoms with E-state index in [1.54, 1.807) is 18.2 Å². The molecule has 184 valence electrons. The smallest absolute Gasteiger partial charge is 0.548 e. The van der Waals surface area contributed by atoms with Gasteiger partial charge in [0.2, 0.25) is 5.16 Å². The van der Waals surface area contributed by atoms with E-state index in [9.17, 15) is 34.5 Å². The number of benzene rings is 1. The van der Waals surface area contributed by atoms with Gasteiger partial charge >= 0.3 is 103 Å². The second kappa shape index (κ2) is 13.8. The van der Waals surface area contributed by atoms with Crippen molar-refractivity contribution < 1.29 is 137 Å². The Balaban J connectivity index is 0.00000241. The largest absolute Gasteiger partial charge is 1.00 e. The van der Waals surface area contributed by atoms with Gasteiger partial charge in [0.15, 0.2) is 6.10 Å². The number of hydrogen-bond acceptors (Lipinski definition) is 12. The number of H-pyrrole nitrogens is 1. The first-order chi connectivity index (χ1) is 16.6. The number of tetrazole rings is 1. The summed E-state index contributed by atoms with van der Waals surface area (Å²) in [6, 6.07) is 5.36. The number of halogens is 1. The molecule has 2 aromatic rings. The topological polar surface area (TPSA) is 204 Å². The summed E-state index contributed by atoms with van der Waals surface area (Å²) in [6.45, 7) is 1.21. The molecular formula is C19H15BrK2N6O7S2. The fourth-order valence-electron chi connectivity index (χ4n) is 3.65. The van der Waals surface area contributed by atoms with Crippen LogP contribution in [0.5, 0.6) is 0 Å². The van der Waals surface area contributed by atoms with Crippen LogP contribution in [0.2, 0.25) is 0 Å². The number of aliphatic hydroxyl groups is 1. The van der Waals surface area contributed by atoms with Crippen molar-refractivity contribution in [2.24, 2.45) is 0 Å². The van der Waals surface area contributed by atoms with E-state index < -0.39 is 51.7 Å². The SMILES string of the molecule is CC(Sc1nn[nH]n1)(C(=O)[O-])C1=C(C(=O)[O-])N2C(=O)C(NC(=O)C(O)c3ccccc3Br)[C@@H]2SC1.[K+].[K+]. The third-order valence-electron chi connectivity index (χ3n) is 5.49. The number of aromatic nitrogens is 4. The van der Waals surface area contributed by atoms with Crippen LogP contribution in [0.4, 0.5) is 0 Å². The van der Waals surface area contributed by atoms with E-state index in [1.165, 1.54) is 13.0 Å². The monoisotopic (exact) mass is 660 g/mol. The Morgan fingerprint density at radius 1 is 1.32 bits per heavy atom. The van der Waals surface area contributed by atoms with E-state index in [-0.39, 0.29) is 125 Å². The first-order valence-electron chi connectivity index (χ1n) is 9.82. The molecule has 0 spiro atoms. The normalized spacial score (nSPS) is 20.8. The predicted octanol–water partition coefficient (Wildman–Crippen LogP) is -8.29. The van der Waals surface area contributed by atoms with Gasteiger partial charge in [0.05, 0.1) is 22.4 Å². The maximum absolute atomic E-state index is 12.9. The molecule has 1 fully saturated rings. The number of β-lactam (4-membered cyclic amide) rings is 1. The Hall–Kier alpha value is 0.323. The van der Waals surface area contributed by atoms with Crippen LogP contribution in [0, 0.1) is 0 Å². The van der Waals surface area contributed by atoms with Crippen molar-refractivity contribution >= 4 is 63.2 Å². The van der Waals surface area contributed by atoms with E-state index in [1.807, 2.05) is 0 Å². The van der Waals surface area contributed by atoms with Crippen LogP contribution in [0.1, 0.15) is 18.6 Å². The Morgan fingerprint density at radius 3 is 2.57 bits per heavy atom. The maximum atomic E-state index is 12.9. The number of carboxylic acids is 2. The second-order valence-corrected chi connectivity index (χ2v) is 10.9. The van der Waals surface area contributed by atoms with Gasteiger partial charge < -0.3 is 30.2 Å². The van der Waals surface area contributed by atoms with Gasteiger partial charge in [0, 0.05) is 15.8 Å². The summed E-state index contributed by atoms with van der Waals surface area (Å²) in [5.41, 5.74) is -0.496. The van der Waals surface area contributed by atoms with E-state index in [4.69, 9.17) is 0 Å². The van der Waals surface area contributed by atoms with Gasteiger partial charge in [-0.3, -0.25) is 14.5 Å². The van der Waals surface area contributed by atoms with Crippen LogP contribution < -0.4 is 118 Å². The Morgan fingerprint density at radius 2 is 2.00 bits per heavy atom. The van der Waals surface area contributed by atoms with Crippen molar-refractivity contribution in [3.8, 4) is 0 Å². The quantitative estimate of drug-likeness (QED) is 0.137. The number of thioether (sulfide) groups is 2. The molecule has 1 aromatic heterocycles. The molecule has 2 aliphatic rings. The van der Waals surface area contributed by atoms with Crippen molar-refractivity contribution in [1.29, 1.82) is 0 Å². The predicted molar refractivity (Wildman–Crippen MR) is 120 cm³/mol. The van der Waals surface area contributed by atoms with Gasteiger partial charge in [0.1, 0.15) is 11.4 Å². The zero-order valence-electron chi connectivity index (χ0n) is 19.6. The molecule has 2 amide bonds. The van der Waals surface area contributed by atoms with E-state index in [2.05, 4.69) is 41.9 Å². The summed E-state index contributed by atoms with van der Waals surface area (Å²) in [5.74, 6) is -5.18. The first kappa shape index (κ1) is 33.5. The number of aliphatic carboxylic acids is 2. The molecule has 3 heterocycles. The van der Waals surface area contributed by atoms with Gasteiger partial charge in [0.25, 0.3) is 11.8 Å². The number of carboxylic acid groups (broad SMARTS) is 2. The van der Waals surface area contributed by atoms with Gasteiger partial charge in [-0.2, -0.15) is 5.21 Å². The molecule has 0 radical (unpaired) electrons. The van der Waals surface area contributed by atoms with Crippen LogP contribution in [-0.2, 0) is 19.2 Å². The average Bonchev–Trinajstić information content (AvgIpc) is 3.33. The number of hydrogen-bond donors (Lipinski definition) is 3. The van der Waals surface area contributed by atoms with Crippen molar-refractivity contribution in [3.63, 3.8) is 0 Å². The first-order valence-corrected chi connectivity index (χ1v) is 12.5. The van der Waals surface area contributed by atoms with Crippen molar-refractivity contribution in [2.45, 2.75) is 34.3 Å². The summed E-state index contributed by atoms with van der Waals surface area (Å²) in [4.78, 5) is 50.5. The zero-order valence-corrected chi connectivity index (χ0v) is 29.1. The Labute approximate surface area is 311 Å². The zero-order chi connectivity index (χ0) is 25.5. The summed E-state index contributed by atoms with van der Waals surface area (Å²) in [7, 11) is 0. The summed E-state index contributed by atoms with van der Waals surface area (Å²) in [5, 5.41) is 48.9. The van der Waals surface area contributed by atoms with Crippen LogP contribution in [-0.4, -0.2) is 76.3 Å². The molecule has 0 bridgehead atoms. The number of amides is 2. The summed E-state index contributed by atoms with van der Waals surface area (Å²) < 4.78 is -1.48. The minimum absolute atomic E-state index is 0. The van der Waals surface area contributed by atoms with Crippen LogP contribution in [0.15, 0.2) is 45.2 Å². The van der Waals surface area contributed by atoms with E-state index >= 15 is 0 Å². The van der Waals surface area contributed by atoms with E-state index in [0.29, 0.717) is 16.2 Å². The molecule has 0 aliphatic carbocycles. The van der Waals surface area contributed by atoms with Crippen molar-refractivity contribution in [2.75, 3.05) is 5.75 Å². The molecule has 3 unspecified atom stereocenters. The van der Waals surface area contributed by atoms with Crippen LogP contribution in [0.25, 0.3) is 0 Å². The Bertz CT molecular complexity index is 1250. The summed E-state index contributed by atoms with van der Waals surface area (Å²) >= 11 is 4.88. The van der Waals surface area contributed by atoms with Crippen LogP contribution in [0.3, 0.4) is 0 Å². The second-order valence-electron chi connectivity index (χ2n) is 7.55. The molecule has 4 atom stereocenters. The molecule has 0 saturated carbocycles. The number of aliphatic hydroxyl groups excluding tert-OH is 1. The van der Waals surface area contributed by atoms with Gasteiger partial charge in [-0.1, -0.05) is 45.9 Å². The molecule has 18 heteroatoms. The van der Waals surface area contributed by atoms with Gasteiger partial charge in [-0.15, -0.1) is 22.0 Å². The van der Waals surface area contributed by atoms with Gasteiger partial charge in [-0.05, 0) is 23.8 Å². The molecule has 1 saturated heterocycles. The fraction of sp³-hybridized carbons (Fsp3) is 0.316. The number of rotatable bonds is 8.